The third-order valence-electron chi connectivity index (χ3n) is 3.71. The number of hydrogen-bond donors (Lipinski definition) is 0. The van der Waals surface area contributed by atoms with Gasteiger partial charge in [0.1, 0.15) is 0 Å². The second-order valence-corrected chi connectivity index (χ2v) is 5.81. The highest BCUT2D eigenvalue weighted by molar-refractivity contribution is 5.69. The molecule has 0 aromatic heterocycles. The molecule has 0 N–H and O–H groups in total. The Hall–Kier alpha value is -0.970. The van der Waals surface area contributed by atoms with Crippen LogP contribution < -0.4 is 0 Å². The maximum atomic E-state index is 11.5. The van der Waals surface area contributed by atoms with Gasteiger partial charge in [0.25, 0.3) is 0 Å². The maximum absolute atomic E-state index is 11.5. The zero-order valence-corrected chi connectivity index (χ0v) is 14.0. The number of unbranched alkanes of at least 4 members (excludes halogenated alkanes) is 11. The molecule has 0 aromatic carbocycles. The predicted octanol–water partition coefficient (Wildman–Crippen LogP) is 5.64. The van der Waals surface area contributed by atoms with Crippen LogP contribution in [0.15, 0.2) is 0 Å². The lowest BCUT2D eigenvalue weighted by atomic mass is 10.1. The van der Waals surface area contributed by atoms with Crippen LogP contribution in [0.25, 0.3) is 0 Å². The summed E-state index contributed by atoms with van der Waals surface area (Å²) in [4.78, 5) is 11.5. The summed E-state index contributed by atoms with van der Waals surface area (Å²) < 4.78 is 5.25. The molecular formula is C19H34O2. The van der Waals surface area contributed by atoms with Gasteiger partial charge in [0.15, 0.2) is 0 Å². The zero-order valence-electron chi connectivity index (χ0n) is 14.0. The van der Waals surface area contributed by atoms with Crippen LogP contribution in [-0.2, 0) is 9.53 Å². The van der Waals surface area contributed by atoms with Gasteiger partial charge in [-0.15, -0.1) is 12.3 Å². The molecule has 122 valence electrons. The van der Waals surface area contributed by atoms with Crippen molar-refractivity contribution in [2.45, 2.75) is 96.8 Å². The minimum absolute atomic E-state index is 0.0132. The highest BCUT2D eigenvalue weighted by atomic mass is 16.5. The second kappa shape index (κ2) is 17.1. The van der Waals surface area contributed by atoms with E-state index in [0.29, 0.717) is 13.0 Å². The molecule has 0 heterocycles. The summed E-state index contributed by atoms with van der Waals surface area (Å²) in [5.74, 6) is 2.66. The van der Waals surface area contributed by atoms with Gasteiger partial charge in [0.2, 0.25) is 0 Å². The van der Waals surface area contributed by atoms with Gasteiger partial charge >= 0.3 is 5.97 Å². The fourth-order valence-corrected chi connectivity index (χ4v) is 2.34. The summed E-state index contributed by atoms with van der Waals surface area (Å²) in [6, 6.07) is 0. The number of terminal acetylenes is 1. The van der Waals surface area contributed by atoms with E-state index in [1.54, 1.807) is 0 Å². The van der Waals surface area contributed by atoms with Crippen LogP contribution in [0.4, 0.5) is 0 Å². The number of carbonyl (C=O) groups is 1. The third-order valence-corrected chi connectivity index (χ3v) is 3.71. The number of carbonyl (C=O) groups excluding carboxylic acids is 1. The third kappa shape index (κ3) is 17.0. The molecule has 0 spiro atoms. The SMILES string of the molecule is C#CCCCCCCCCCOC(=O)CCCCCCC. The van der Waals surface area contributed by atoms with Crippen molar-refractivity contribution < 1.29 is 9.53 Å². The average Bonchev–Trinajstić information content (AvgIpc) is 2.49. The minimum Gasteiger partial charge on any atom is -0.466 e. The first-order valence-corrected chi connectivity index (χ1v) is 8.90. The molecule has 21 heavy (non-hydrogen) atoms. The van der Waals surface area contributed by atoms with E-state index in [4.69, 9.17) is 11.2 Å². The molecular weight excluding hydrogens is 260 g/mol. The monoisotopic (exact) mass is 294 g/mol. The molecule has 0 bridgehead atoms. The number of rotatable bonds is 15. The quantitative estimate of drug-likeness (QED) is 0.222. The van der Waals surface area contributed by atoms with Crippen LogP contribution in [0.5, 0.6) is 0 Å². The molecule has 0 atom stereocenters. The van der Waals surface area contributed by atoms with Crippen molar-refractivity contribution in [2.75, 3.05) is 6.61 Å². The Morgan fingerprint density at radius 2 is 1.43 bits per heavy atom. The van der Waals surface area contributed by atoms with E-state index in [1.165, 1.54) is 51.4 Å². The van der Waals surface area contributed by atoms with Gasteiger partial charge < -0.3 is 4.74 Å². The predicted molar refractivity (Wildman–Crippen MR) is 90.1 cm³/mol. The van der Waals surface area contributed by atoms with Gasteiger partial charge in [-0.05, 0) is 19.3 Å². The molecule has 0 aromatic rings. The molecule has 0 radical (unpaired) electrons. The molecule has 0 saturated heterocycles. The van der Waals surface area contributed by atoms with Gasteiger partial charge in [-0.2, -0.15) is 0 Å². The Kier molecular flexibility index (Phi) is 16.3. The van der Waals surface area contributed by atoms with Crippen LogP contribution >= 0.6 is 0 Å². The Morgan fingerprint density at radius 1 is 0.857 bits per heavy atom. The van der Waals surface area contributed by atoms with Crippen molar-refractivity contribution in [3.63, 3.8) is 0 Å². The Bertz CT molecular complexity index is 265. The number of esters is 1. The molecule has 2 heteroatoms. The zero-order chi connectivity index (χ0) is 15.6. The maximum Gasteiger partial charge on any atom is 0.305 e. The number of ether oxygens (including phenoxy) is 1. The molecule has 0 aliphatic heterocycles. The topological polar surface area (TPSA) is 26.3 Å². The van der Waals surface area contributed by atoms with Crippen molar-refractivity contribution in [1.29, 1.82) is 0 Å². The fourth-order valence-electron chi connectivity index (χ4n) is 2.34. The molecule has 0 saturated carbocycles. The average molecular weight is 294 g/mol. The second-order valence-electron chi connectivity index (χ2n) is 5.81. The van der Waals surface area contributed by atoms with Gasteiger partial charge in [0.05, 0.1) is 6.61 Å². The fraction of sp³-hybridized carbons (Fsp3) is 0.842. The van der Waals surface area contributed by atoms with Crippen molar-refractivity contribution >= 4 is 5.97 Å². The molecule has 2 nitrogen and oxygen atoms in total. The van der Waals surface area contributed by atoms with Gasteiger partial charge in [-0.25, -0.2) is 0 Å². The van der Waals surface area contributed by atoms with Crippen LogP contribution in [0.2, 0.25) is 0 Å². The highest BCUT2D eigenvalue weighted by Gasteiger charge is 2.02. The first-order chi connectivity index (χ1) is 10.3. The van der Waals surface area contributed by atoms with Crippen molar-refractivity contribution in [3.8, 4) is 12.3 Å². The summed E-state index contributed by atoms with van der Waals surface area (Å²) in [6.07, 6.45) is 21.0. The summed E-state index contributed by atoms with van der Waals surface area (Å²) in [5, 5.41) is 0. The standard InChI is InChI=1S/C19H34O2/c1-3-5-7-9-10-11-12-14-16-18-21-19(20)17-15-13-8-6-4-2/h1H,4-18H2,2H3. The molecule has 0 fully saturated rings. The van der Waals surface area contributed by atoms with Crippen molar-refractivity contribution in [1.82, 2.24) is 0 Å². The van der Waals surface area contributed by atoms with E-state index in [2.05, 4.69) is 12.8 Å². The van der Waals surface area contributed by atoms with E-state index < -0.39 is 0 Å². The lowest BCUT2D eigenvalue weighted by Gasteiger charge is -2.05. The van der Waals surface area contributed by atoms with Gasteiger partial charge in [0, 0.05) is 12.8 Å². The largest absolute Gasteiger partial charge is 0.466 e. The summed E-state index contributed by atoms with van der Waals surface area (Å²) >= 11 is 0. The Labute approximate surface area is 132 Å². The normalized spacial score (nSPS) is 10.3. The van der Waals surface area contributed by atoms with E-state index in [1.807, 2.05) is 0 Å². The van der Waals surface area contributed by atoms with Crippen LogP contribution in [-0.4, -0.2) is 12.6 Å². The van der Waals surface area contributed by atoms with Crippen molar-refractivity contribution in [3.05, 3.63) is 0 Å². The molecule has 0 rings (SSSR count). The Balaban J connectivity index is 3.13. The van der Waals surface area contributed by atoms with E-state index in [0.717, 1.165) is 32.1 Å². The Morgan fingerprint density at radius 3 is 2.10 bits per heavy atom. The summed E-state index contributed by atoms with van der Waals surface area (Å²) in [6.45, 7) is 2.80. The van der Waals surface area contributed by atoms with Crippen LogP contribution in [0.3, 0.4) is 0 Å². The van der Waals surface area contributed by atoms with Gasteiger partial charge in [-0.3, -0.25) is 4.79 Å². The highest BCUT2D eigenvalue weighted by Crippen LogP contribution is 2.09. The molecule has 0 amide bonds. The van der Waals surface area contributed by atoms with Crippen LogP contribution in [0, 0.1) is 12.3 Å². The molecule has 0 unspecified atom stereocenters. The molecule has 0 aliphatic carbocycles. The van der Waals surface area contributed by atoms with Crippen molar-refractivity contribution in [2.24, 2.45) is 0 Å². The lowest BCUT2D eigenvalue weighted by molar-refractivity contribution is -0.143. The van der Waals surface area contributed by atoms with E-state index in [9.17, 15) is 4.79 Å². The summed E-state index contributed by atoms with van der Waals surface area (Å²) in [5.41, 5.74) is 0. The smallest absolute Gasteiger partial charge is 0.305 e. The first-order valence-electron chi connectivity index (χ1n) is 8.90. The first kappa shape index (κ1) is 20.0. The number of hydrogen-bond acceptors (Lipinski definition) is 2. The van der Waals surface area contributed by atoms with E-state index >= 15 is 0 Å². The minimum atomic E-state index is -0.0132. The van der Waals surface area contributed by atoms with Crippen LogP contribution in [0.1, 0.15) is 96.8 Å². The molecule has 0 aliphatic rings. The summed E-state index contributed by atoms with van der Waals surface area (Å²) in [7, 11) is 0. The lowest BCUT2D eigenvalue weighted by Crippen LogP contribution is -2.05. The van der Waals surface area contributed by atoms with Gasteiger partial charge in [-0.1, -0.05) is 64.7 Å². The van der Waals surface area contributed by atoms with E-state index in [-0.39, 0.29) is 5.97 Å².